The van der Waals surface area contributed by atoms with Gasteiger partial charge in [-0.2, -0.15) is 0 Å². The molecule has 0 aromatic heterocycles. The molecule has 2 rings (SSSR count). The Labute approximate surface area is 84.7 Å². The molecule has 14 heavy (non-hydrogen) atoms. The summed E-state index contributed by atoms with van der Waals surface area (Å²) in [6, 6.07) is 6.34. The van der Waals surface area contributed by atoms with Crippen molar-refractivity contribution in [2.24, 2.45) is 5.73 Å². The zero-order valence-electron chi connectivity index (χ0n) is 8.75. The number of hydrogen-bond donors (Lipinski definition) is 2. The summed E-state index contributed by atoms with van der Waals surface area (Å²) in [5.41, 5.74) is 9.60. The van der Waals surface area contributed by atoms with Gasteiger partial charge in [0.05, 0.1) is 6.10 Å². The predicted molar refractivity (Wildman–Crippen MR) is 57.0 cm³/mol. The molecule has 0 atom stereocenters. The summed E-state index contributed by atoms with van der Waals surface area (Å²) in [4.78, 5) is 0. The Bertz CT molecular complexity index is 353. The molecule has 1 aliphatic rings. The molecular formula is C12H17NO. The Kier molecular flexibility index (Phi) is 2.13. The van der Waals surface area contributed by atoms with E-state index in [1.807, 2.05) is 0 Å². The molecule has 1 fully saturated rings. The molecule has 2 heteroatoms. The molecule has 0 saturated heterocycles. The fourth-order valence-electron chi connectivity index (χ4n) is 2.27. The molecule has 1 saturated carbocycles. The normalized spacial score (nSPS) is 31.3. The highest BCUT2D eigenvalue weighted by atomic mass is 16.3. The van der Waals surface area contributed by atoms with E-state index in [-0.39, 0.29) is 11.6 Å². The summed E-state index contributed by atoms with van der Waals surface area (Å²) >= 11 is 0. The summed E-state index contributed by atoms with van der Waals surface area (Å²) in [5.74, 6) is 0. The summed E-state index contributed by atoms with van der Waals surface area (Å²) in [6.07, 6.45) is 1.18. The number of aliphatic hydroxyl groups is 1. The van der Waals surface area contributed by atoms with Gasteiger partial charge in [0.15, 0.2) is 0 Å². The number of hydrogen-bond acceptors (Lipinski definition) is 2. The van der Waals surface area contributed by atoms with Crippen molar-refractivity contribution in [3.63, 3.8) is 0 Å². The van der Waals surface area contributed by atoms with Gasteiger partial charge in [-0.1, -0.05) is 23.8 Å². The number of aryl methyl sites for hydroxylation is 2. The van der Waals surface area contributed by atoms with Crippen molar-refractivity contribution in [2.45, 2.75) is 38.3 Å². The van der Waals surface area contributed by atoms with Crippen molar-refractivity contribution >= 4 is 0 Å². The first kappa shape index (κ1) is 9.69. The van der Waals surface area contributed by atoms with Crippen molar-refractivity contribution in [3.05, 3.63) is 34.9 Å². The third kappa shape index (κ3) is 1.45. The van der Waals surface area contributed by atoms with Gasteiger partial charge in [0.1, 0.15) is 0 Å². The molecule has 0 unspecified atom stereocenters. The molecule has 2 nitrogen and oxygen atoms in total. The van der Waals surface area contributed by atoms with Gasteiger partial charge in [-0.25, -0.2) is 0 Å². The predicted octanol–water partition coefficient (Wildman–Crippen LogP) is 1.61. The van der Waals surface area contributed by atoms with Gasteiger partial charge in [-0.05, 0) is 37.8 Å². The summed E-state index contributed by atoms with van der Waals surface area (Å²) in [6.45, 7) is 4.15. The molecule has 0 spiro atoms. The Morgan fingerprint density at radius 3 is 2.57 bits per heavy atom. The van der Waals surface area contributed by atoms with E-state index >= 15 is 0 Å². The Morgan fingerprint density at radius 1 is 1.36 bits per heavy atom. The van der Waals surface area contributed by atoms with E-state index in [4.69, 9.17) is 5.73 Å². The van der Waals surface area contributed by atoms with E-state index in [2.05, 4.69) is 32.0 Å². The number of benzene rings is 1. The quantitative estimate of drug-likeness (QED) is 0.708. The van der Waals surface area contributed by atoms with Gasteiger partial charge >= 0.3 is 0 Å². The van der Waals surface area contributed by atoms with Crippen LogP contribution >= 0.6 is 0 Å². The maximum absolute atomic E-state index is 9.33. The van der Waals surface area contributed by atoms with Crippen molar-refractivity contribution in [1.82, 2.24) is 0 Å². The zero-order chi connectivity index (χ0) is 10.3. The van der Waals surface area contributed by atoms with Crippen LogP contribution in [0.2, 0.25) is 0 Å². The van der Waals surface area contributed by atoms with Crippen molar-refractivity contribution in [1.29, 1.82) is 0 Å². The molecule has 1 aromatic rings. The van der Waals surface area contributed by atoms with E-state index in [0.29, 0.717) is 12.8 Å². The van der Waals surface area contributed by atoms with Crippen LogP contribution in [-0.4, -0.2) is 11.2 Å². The van der Waals surface area contributed by atoms with Gasteiger partial charge < -0.3 is 10.8 Å². The molecule has 0 heterocycles. The number of rotatable bonds is 1. The van der Waals surface area contributed by atoms with Crippen LogP contribution in [0.15, 0.2) is 18.2 Å². The third-order valence-electron chi connectivity index (χ3n) is 3.13. The van der Waals surface area contributed by atoms with Crippen molar-refractivity contribution < 1.29 is 5.11 Å². The Hall–Kier alpha value is -0.860. The van der Waals surface area contributed by atoms with Crippen molar-refractivity contribution in [2.75, 3.05) is 0 Å². The van der Waals surface area contributed by atoms with Crippen LogP contribution in [0.3, 0.4) is 0 Å². The molecule has 0 bridgehead atoms. The minimum Gasteiger partial charge on any atom is -0.393 e. The van der Waals surface area contributed by atoms with Crippen LogP contribution < -0.4 is 5.73 Å². The molecule has 0 aliphatic heterocycles. The van der Waals surface area contributed by atoms with E-state index in [1.165, 1.54) is 16.7 Å². The van der Waals surface area contributed by atoms with Crippen molar-refractivity contribution in [3.8, 4) is 0 Å². The first-order chi connectivity index (χ1) is 6.51. The first-order valence-electron chi connectivity index (χ1n) is 5.06. The molecule has 3 N–H and O–H groups in total. The lowest BCUT2D eigenvalue weighted by Gasteiger charge is -2.43. The van der Waals surface area contributed by atoms with Gasteiger partial charge in [0.25, 0.3) is 0 Å². The second-order valence-corrected chi connectivity index (χ2v) is 4.54. The monoisotopic (exact) mass is 191 g/mol. The standard InChI is InChI=1S/C12H17NO/c1-8-3-4-9(2)11(5-8)12(13)6-10(14)7-12/h3-5,10,14H,6-7,13H2,1-2H3. The topological polar surface area (TPSA) is 46.2 Å². The second kappa shape index (κ2) is 3.07. The largest absolute Gasteiger partial charge is 0.393 e. The highest BCUT2D eigenvalue weighted by Gasteiger charge is 2.42. The van der Waals surface area contributed by atoms with E-state index < -0.39 is 0 Å². The fourth-order valence-corrected chi connectivity index (χ4v) is 2.27. The highest BCUT2D eigenvalue weighted by Crippen LogP contribution is 2.40. The fraction of sp³-hybridized carbons (Fsp3) is 0.500. The molecule has 0 radical (unpaired) electrons. The molecule has 0 amide bonds. The first-order valence-corrected chi connectivity index (χ1v) is 5.06. The summed E-state index contributed by atoms with van der Waals surface area (Å²) in [5, 5.41) is 9.33. The SMILES string of the molecule is Cc1ccc(C)c(C2(N)CC(O)C2)c1. The van der Waals surface area contributed by atoms with E-state index in [9.17, 15) is 5.11 Å². The molecule has 76 valence electrons. The van der Waals surface area contributed by atoms with Crippen LogP contribution in [0.4, 0.5) is 0 Å². The number of nitrogens with two attached hydrogens (primary N) is 1. The molecular weight excluding hydrogens is 174 g/mol. The average molecular weight is 191 g/mol. The smallest absolute Gasteiger partial charge is 0.0582 e. The summed E-state index contributed by atoms with van der Waals surface area (Å²) < 4.78 is 0. The third-order valence-corrected chi connectivity index (χ3v) is 3.13. The second-order valence-electron chi connectivity index (χ2n) is 4.54. The van der Waals surface area contributed by atoms with Crippen LogP contribution in [0, 0.1) is 13.8 Å². The van der Waals surface area contributed by atoms with Gasteiger partial charge in [-0.3, -0.25) is 0 Å². The van der Waals surface area contributed by atoms with Gasteiger partial charge in [-0.15, -0.1) is 0 Å². The van der Waals surface area contributed by atoms with Crippen LogP contribution in [0.5, 0.6) is 0 Å². The lowest BCUT2D eigenvalue weighted by atomic mass is 9.69. The lowest BCUT2D eigenvalue weighted by Crippen LogP contribution is -2.52. The molecule has 1 aromatic carbocycles. The Balaban J connectivity index is 2.36. The maximum atomic E-state index is 9.33. The highest BCUT2D eigenvalue weighted by molar-refractivity contribution is 5.38. The van der Waals surface area contributed by atoms with Crippen LogP contribution in [0.25, 0.3) is 0 Å². The zero-order valence-corrected chi connectivity index (χ0v) is 8.75. The number of aliphatic hydroxyl groups excluding tert-OH is 1. The van der Waals surface area contributed by atoms with Gasteiger partial charge in [0, 0.05) is 5.54 Å². The van der Waals surface area contributed by atoms with Gasteiger partial charge in [0.2, 0.25) is 0 Å². The maximum Gasteiger partial charge on any atom is 0.0582 e. The minimum absolute atomic E-state index is 0.208. The molecule has 1 aliphatic carbocycles. The average Bonchev–Trinajstić information content (AvgIpc) is 2.07. The summed E-state index contributed by atoms with van der Waals surface area (Å²) in [7, 11) is 0. The minimum atomic E-state index is -0.282. The Morgan fingerprint density at radius 2 is 2.00 bits per heavy atom. The van der Waals surface area contributed by atoms with Crippen LogP contribution in [0.1, 0.15) is 29.5 Å². The van der Waals surface area contributed by atoms with Crippen LogP contribution in [-0.2, 0) is 5.54 Å². The lowest BCUT2D eigenvalue weighted by molar-refractivity contribution is 0.0206. The van der Waals surface area contributed by atoms with E-state index in [0.717, 1.165) is 0 Å². The van der Waals surface area contributed by atoms with E-state index in [1.54, 1.807) is 0 Å².